The van der Waals surface area contributed by atoms with Gasteiger partial charge in [0.25, 0.3) is 5.56 Å². The number of aromatic amines is 1. The van der Waals surface area contributed by atoms with Crippen molar-refractivity contribution in [3.63, 3.8) is 0 Å². The van der Waals surface area contributed by atoms with E-state index in [1.165, 1.54) is 5.56 Å². The molecule has 3 aromatic rings. The summed E-state index contributed by atoms with van der Waals surface area (Å²) in [5, 5.41) is 17.9. The Bertz CT molecular complexity index is 1090. The lowest BCUT2D eigenvalue weighted by Gasteiger charge is -2.27. The molecule has 2 atom stereocenters. The number of ether oxygens (including phenoxy) is 1. The van der Waals surface area contributed by atoms with Gasteiger partial charge in [-0.15, -0.1) is 0 Å². The Labute approximate surface area is 156 Å². The third-order valence-electron chi connectivity index (χ3n) is 5.21. The van der Waals surface area contributed by atoms with Gasteiger partial charge in [0.15, 0.2) is 5.82 Å². The highest BCUT2D eigenvalue weighted by molar-refractivity contribution is 5.91. The maximum absolute atomic E-state index is 12.5. The Morgan fingerprint density at radius 3 is 2.96 bits per heavy atom. The predicted octanol–water partition coefficient (Wildman–Crippen LogP) is 3.19. The molecular formula is C20H21N5O2. The third kappa shape index (κ3) is 3.09. The van der Waals surface area contributed by atoms with Crippen LogP contribution >= 0.6 is 0 Å². The van der Waals surface area contributed by atoms with E-state index in [9.17, 15) is 10.1 Å². The van der Waals surface area contributed by atoms with Gasteiger partial charge in [0.05, 0.1) is 30.2 Å². The number of nitrogens with one attached hydrogen (secondary N) is 2. The van der Waals surface area contributed by atoms with Crippen LogP contribution in [-0.2, 0) is 4.74 Å². The predicted molar refractivity (Wildman–Crippen MR) is 103 cm³/mol. The number of fused-ring (bicyclic) bond motifs is 1. The van der Waals surface area contributed by atoms with Crippen LogP contribution in [0.5, 0.6) is 0 Å². The summed E-state index contributed by atoms with van der Waals surface area (Å²) in [6.07, 6.45) is 2.26. The zero-order valence-electron chi connectivity index (χ0n) is 15.3. The van der Waals surface area contributed by atoms with E-state index in [2.05, 4.69) is 28.4 Å². The Morgan fingerprint density at radius 1 is 1.33 bits per heavy atom. The molecule has 2 unspecified atom stereocenters. The smallest absolute Gasteiger partial charge is 0.261 e. The second-order valence-electron chi connectivity index (χ2n) is 6.95. The highest BCUT2D eigenvalue weighted by atomic mass is 16.5. The number of hydrogen-bond donors (Lipinski definition) is 2. The Hall–Kier alpha value is -3.11. The molecule has 1 saturated heterocycles. The number of anilines is 2. The number of rotatable bonds is 3. The second kappa shape index (κ2) is 6.89. The van der Waals surface area contributed by atoms with Crippen LogP contribution in [0.15, 0.2) is 35.3 Å². The van der Waals surface area contributed by atoms with Crippen LogP contribution in [0.3, 0.4) is 0 Å². The molecule has 0 amide bonds. The van der Waals surface area contributed by atoms with Crippen LogP contribution < -0.4 is 10.9 Å². The number of aromatic nitrogens is 3. The number of H-pyrrole nitrogens is 1. The van der Waals surface area contributed by atoms with Gasteiger partial charge in [0, 0.05) is 18.5 Å². The summed E-state index contributed by atoms with van der Waals surface area (Å²) in [6, 6.07) is 9.98. The van der Waals surface area contributed by atoms with Gasteiger partial charge in [-0.05, 0) is 49.6 Å². The van der Waals surface area contributed by atoms with E-state index < -0.39 is 0 Å². The molecular weight excluding hydrogens is 342 g/mol. The zero-order chi connectivity index (χ0) is 19.0. The number of pyridine rings is 1. The number of nitriles is 1. The minimum atomic E-state index is -0.219. The number of hydrogen-bond acceptors (Lipinski definition) is 5. The zero-order valence-corrected chi connectivity index (χ0v) is 15.3. The van der Waals surface area contributed by atoms with Gasteiger partial charge in [-0.3, -0.25) is 9.48 Å². The Kier molecular flexibility index (Phi) is 4.42. The van der Waals surface area contributed by atoms with Crippen LogP contribution in [0.25, 0.3) is 10.9 Å². The first-order valence-corrected chi connectivity index (χ1v) is 9.00. The standard InChI is InChI=1S/C20H21N5O2/c1-12-3-4-15(9-13(12)2)23-19-18-16(5-7-22-20(18)26)25(24-19)17-11-27-8-6-14(17)10-21/h3-5,7,9,14,17H,6,8,11H2,1-2H3,(H,22,26)(H,23,24). The summed E-state index contributed by atoms with van der Waals surface area (Å²) in [7, 11) is 0. The van der Waals surface area contributed by atoms with Crippen LogP contribution in [0.4, 0.5) is 11.5 Å². The van der Waals surface area contributed by atoms with Crippen LogP contribution in [-0.4, -0.2) is 28.0 Å². The van der Waals surface area contributed by atoms with Gasteiger partial charge in [-0.1, -0.05) is 6.07 Å². The molecule has 0 spiro atoms. The van der Waals surface area contributed by atoms with E-state index in [-0.39, 0.29) is 17.5 Å². The van der Waals surface area contributed by atoms with Gasteiger partial charge in [-0.2, -0.15) is 10.4 Å². The lowest BCUT2D eigenvalue weighted by molar-refractivity contribution is 0.0359. The van der Waals surface area contributed by atoms with E-state index in [4.69, 9.17) is 4.74 Å². The van der Waals surface area contributed by atoms with Gasteiger partial charge >= 0.3 is 0 Å². The molecule has 1 fully saturated rings. The molecule has 0 bridgehead atoms. The maximum Gasteiger partial charge on any atom is 0.261 e. The highest BCUT2D eigenvalue weighted by Crippen LogP contribution is 2.31. The molecule has 0 aliphatic carbocycles. The molecule has 1 aliphatic rings. The first-order valence-electron chi connectivity index (χ1n) is 9.00. The van der Waals surface area contributed by atoms with Crippen molar-refractivity contribution < 1.29 is 4.74 Å². The fourth-order valence-electron chi connectivity index (χ4n) is 3.51. The SMILES string of the molecule is Cc1ccc(Nc2nn(C3COCCC3C#N)c3cc[nH]c(=O)c23)cc1C. The number of benzene rings is 1. The summed E-state index contributed by atoms with van der Waals surface area (Å²) >= 11 is 0. The van der Waals surface area contributed by atoms with Crippen molar-refractivity contribution in [1.82, 2.24) is 14.8 Å². The average molecular weight is 363 g/mol. The average Bonchev–Trinajstić information content (AvgIpc) is 3.04. The van der Waals surface area contributed by atoms with Crippen LogP contribution in [0.1, 0.15) is 23.6 Å². The molecule has 2 aromatic heterocycles. The van der Waals surface area contributed by atoms with E-state index in [0.29, 0.717) is 36.4 Å². The molecule has 4 rings (SSSR count). The fraction of sp³-hybridized carbons (Fsp3) is 0.350. The minimum absolute atomic E-state index is 0.199. The van der Waals surface area contributed by atoms with Gasteiger partial charge in [0.1, 0.15) is 5.39 Å². The van der Waals surface area contributed by atoms with Crippen molar-refractivity contribution in [3.8, 4) is 6.07 Å². The summed E-state index contributed by atoms with van der Waals surface area (Å²) in [5.41, 5.74) is 3.70. The molecule has 2 N–H and O–H groups in total. The molecule has 1 aromatic carbocycles. The van der Waals surface area contributed by atoms with Gasteiger partial charge in [-0.25, -0.2) is 0 Å². The molecule has 1 aliphatic heterocycles. The Morgan fingerprint density at radius 2 is 2.19 bits per heavy atom. The van der Waals surface area contributed by atoms with E-state index >= 15 is 0 Å². The molecule has 0 saturated carbocycles. The van der Waals surface area contributed by atoms with Crippen molar-refractivity contribution in [2.45, 2.75) is 26.3 Å². The Balaban J connectivity index is 1.82. The second-order valence-corrected chi connectivity index (χ2v) is 6.95. The number of aryl methyl sites for hydroxylation is 2. The first kappa shape index (κ1) is 17.3. The largest absolute Gasteiger partial charge is 0.379 e. The highest BCUT2D eigenvalue weighted by Gasteiger charge is 2.30. The molecule has 7 nitrogen and oxygen atoms in total. The van der Waals surface area contributed by atoms with Crippen molar-refractivity contribution in [2.75, 3.05) is 18.5 Å². The van der Waals surface area contributed by atoms with Crippen LogP contribution in [0.2, 0.25) is 0 Å². The van der Waals surface area contributed by atoms with Gasteiger partial charge < -0.3 is 15.0 Å². The van der Waals surface area contributed by atoms with Crippen molar-refractivity contribution in [3.05, 3.63) is 51.9 Å². The normalized spacial score (nSPS) is 19.7. The van der Waals surface area contributed by atoms with E-state index in [1.54, 1.807) is 10.9 Å². The van der Waals surface area contributed by atoms with E-state index in [0.717, 1.165) is 11.3 Å². The third-order valence-corrected chi connectivity index (χ3v) is 5.21. The lowest BCUT2D eigenvalue weighted by atomic mass is 9.96. The quantitative estimate of drug-likeness (QED) is 0.745. The summed E-state index contributed by atoms with van der Waals surface area (Å²) in [5.74, 6) is 0.285. The topological polar surface area (TPSA) is 95.7 Å². The van der Waals surface area contributed by atoms with Crippen molar-refractivity contribution in [1.29, 1.82) is 5.26 Å². The maximum atomic E-state index is 12.5. The van der Waals surface area contributed by atoms with Crippen LogP contribution in [0, 0.1) is 31.1 Å². The molecule has 138 valence electrons. The minimum Gasteiger partial charge on any atom is -0.379 e. The molecule has 0 radical (unpaired) electrons. The first-order chi connectivity index (χ1) is 13.1. The molecule has 27 heavy (non-hydrogen) atoms. The molecule has 3 heterocycles. The summed E-state index contributed by atoms with van der Waals surface area (Å²) in [6.45, 7) is 5.08. The monoisotopic (exact) mass is 363 g/mol. The fourth-order valence-corrected chi connectivity index (χ4v) is 3.51. The van der Waals surface area contributed by atoms with Crippen molar-refractivity contribution >= 4 is 22.4 Å². The van der Waals surface area contributed by atoms with Gasteiger partial charge in [0.2, 0.25) is 0 Å². The van der Waals surface area contributed by atoms with E-state index in [1.807, 2.05) is 31.2 Å². The summed E-state index contributed by atoms with van der Waals surface area (Å²) < 4.78 is 7.35. The number of nitrogens with zero attached hydrogens (tertiary/aromatic N) is 3. The summed E-state index contributed by atoms with van der Waals surface area (Å²) in [4.78, 5) is 15.2. The van der Waals surface area contributed by atoms with Crippen molar-refractivity contribution in [2.24, 2.45) is 5.92 Å². The molecule has 7 heteroatoms. The lowest BCUT2D eigenvalue weighted by Crippen LogP contribution is -2.30.